The standard InChI is InChI=1S/C21H22N4O3/c1-27-19-8-3-2-6-15(19)12-16-13-24-20(28-16)18-7-4-5-11-25(18)21(26)17-14-22-9-10-23-17/h2-3,6,8-10,13-14,18H,4-5,7,11-12H2,1H3/t18-/m1/s1. The molecule has 0 unspecified atom stereocenters. The van der Waals surface area contributed by atoms with E-state index in [4.69, 9.17) is 9.15 Å². The van der Waals surface area contributed by atoms with Crippen LogP contribution in [0.25, 0.3) is 0 Å². The van der Waals surface area contributed by atoms with Gasteiger partial charge in [-0.25, -0.2) is 9.97 Å². The van der Waals surface area contributed by atoms with Crippen LogP contribution in [0.3, 0.4) is 0 Å². The lowest BCUT2D eigenvalue weighted by Gasteiger charge is -2.33. The van der Waals surface area contributed by atoms with Gasteiger partial charge in [0.1, 0.15) is 23.2 Å². The molecule has 4 rings (SSSR count). The van der Waals surface area contributed by atoms with Crippen LogP contribution in [-0.2, 0) is 6.42 Å². The van der Waals surface area contributed by atoms with Crippen molar-refractivity contribution in [3.05, 3.63) is 72.0 Å². The van der Waals surface area contributed by atoms with E-state index in [-0.39, 0.29) is 11.9 Å². The Kier molecular flexibility index (Phi) is 5.32. The van der Waals surface area contributed by atoms with Crippen LogP contribution in [0.1, 0.15) is 53.0 Å². The molecule has 0 aliphatic carbocycles. The van der Waals surface area contributed by atoms with E-state index >= 15 is 0 Å². The fourth-order valence-electron chi connectivity index (χ4n) is 3.58. The van der Waals surface area contributed by atoms with Gasteiger partial charge >= 0.3 is 0 Å². The highest BCUT2D eigenvalue weighted by atomic mass is 16.5. The van der Waals surface area contributed by atoms with Crippen LogP contribution in [0.4, 0.5) is 0 Å². The van der Waals surface area contributed by atoms with Crippen LogP contribution in [-0.4, -0.2) is 39.4 Å². The molecule has 0 radical (unpaired) electrons. The number of hydrogen-bond acceptors (Lipinski definition) is 6. The number of para-hydroxylation sites is 1. The lowest BCUT2D eigenvalue weighted by atomic mass is 10.0. The van der Waals surface area contributed by atoms with Gasteiger partial charge in [-0.05, 0) is 25.3 Å². The molecule has 0 spiro atoms. The molecular formula is C21H22N4O3. The summed E-state index contributed by atoms with van der Waals surface area (Å²) in [7, 11) is 1.66. The average Bonchev–Trinajstić information content (AvgIpc) is 3.22. The molecule has 0 bridgehead atoms. The van der Waals surface area contributed by atoms with Crippen molar-refractivity contribution in [2.24, 2.45) is 0 Å². The highest BCUT2D eigenvalue weighted by Gasteiger charge is 2.32. The second-order valence-corrected chi connectivity index (χ2v) is 6.75. The minimum atomic E-state index is -0.185. The largest absolute Gasteiger partial charge is 0.496 e. The van der Waals surface area contributed by atoms with Crippen LogP contribution < -0.4 is 4.74 Å². The molecule has 1 aliphatic heterocycles. The Balaban J connectivity index is 1.55. The number of carbonyl (C=O) groups excluding carboxylic acids is 1. The van der Waals surface area contributed by atoms with E-state index in [2.05, 4.69) is 15.0 Å². The maximum Gasteiger partial charge on any atom is 0.274 e. The van der Waals surface area contributed by atoms with Crippen molar-refractivity contribution in [2.75, 3.05) is 13.7 Å². The molecule has 0 N–H and O–H groups in total. The highest BCUT2D eigenvalue weighted by Crippen LogP contribution is 2.32. The summed E-state index contributed by atoms with van der Waals surface area (Å²) < 4.78 is 11.5. The second kappa shape index (κ2) is 8.21. The topological polar surface area (TPSA) is 81.4 Å². The molecule has 0 saturated carbocycles. The first-order chi connectivity index (χ1) is 13.8. The number of piperidine rings is 1. The van der Waals surface area contributed by atoms with E-state index in [1.807, 2.05) is 24.3 Å². The SMILES string of the molecule is COc1ccccc1Cc1cnc([C@H]2CCCCN2C(=O)c2cnccn2)o1. The van der Waals surface area contributed by atoms with Gasteiger partial charge in [0.2, 0.25) is 5.89 Å². The van der Waals surface area contributed by atoms with Crippen LogP contribution in [0, 0.1) is 0 Å². The van der Waals surface area contributed by atoms with E-state index in [1.54, 1.807) is 24.4 Å². The first kappa shape index (κ1) is 18.2. The number of amides is 1. The van der Waals surface area contributed by atoms with Gasteiger partial charge in [-0.1, -0.05) is 18.2 Å². The molecule has 2 aromatic heterocycles. The average molecular weight is 378 g/mol. The summed E-state index contributed by atoms with van der Waals surface area (Å²) in [5, 5.41) is 0. The summed E-state index contributed by atoms with van der Waals surface area (Å²) >= 11 is 0. The van der Waals surface area contributed by atoms with Crippen molar-refractivity contribution in [2.45, 2.75) is 31.7 Å². The molecule has 3 aromatic rings. The predicted octanol–water partition coefficient (Wildman–Crippen LogP) is 3.43. The molecule has 1 fully saturated rings. The number of carbonyl (C=O) groups is 1. The lowest BCUT2D eigenvalue weighted by Crippen LogP contribution is -2.39. The zero-order chi connectivity index (χ0) is 19.3. The summed E-state index contributed by atoms with van der Waals surface area (Å²) in [5.74, 6) is 2.00. The molecule has 7 nitrogen and oxygen atoms in total. The zero-order valence-electron chi connectivity index (χ0n) is 15.7. The number of oxazole rings is 1. The number of aromatic nitrogens is 3. The summed E-state index contributed by atoms with van der Waals surface area (Å²) in [4.78, 5) is 27.3. The van der Waals surface area contributed by atoms with Gasteiger partial charge in [-0.15, -0.1) is 0 Å². The van der Waals surface area contributed by atoms with Crippen LogP contribution in [0.5, 0.6) is 5.75 Å². The maximum atomic E-state index is 12.9. The van der Waals surface area contributed by atoms with E-state index < -0.39 is 0 Å². The summed E-state index contributed by atoms with van der Waals surface area (Å²) in [6.07, 6.45) is 9.71. The van der Waals surface area contributed by atoms with Gasteiger partial charge in [0.25, 0.3) is 5.91 Å². The van der Waals surface area contributed by atoms with Gasteiger partial charge in [0, 0.05) is 30.9 Å². The Labute approximate surface area is 163 Å². The second-order valence-electron chi connectivity index (χ2n) is 6.75. The number of ether oxygens (including phenoxy) is 1. The Morgan fingerprint density at radius 2 is 2.11 bits per heavy atom. The Morgan fingerprint density at radius 3 is 2.93 bits per heavy atom. The maximum absolute atomic E-state index is 12.9. The molecule has 28 heavy (non-hydrogen) atoms. The van der Waals surface area contributed by atoms with E-state index in [1.165, 1.54) is 12.4 Å². The zero-order valence-corrected chi connectivity index (χ0v) is 15.7. The lowest BCUT2D eigenvalue weighted by molar-refractivity contribution is 0.0563. The molecule has 1 amide bonds. The summed E-state index contributed by atoms with van der Waals surface area (Å²) in [6.45, 7) is 0.657. The molecule has 7 heteroatoms. The van der Waals surface area contributed by atoms with Gasteiger partial charge in [-0.3, -0.25) is 9.78 Å². The molecule has 1 saturated heterocycles. The number of rotatable bonds is 5. The van der Waals surface area contributed by atoms with Gasteiger partial charge in [-0.2, -0.15) is 0 Å². The van der Waals surface area contributed by atoms with Crippen molar-refractivity contribution < 1.29 is 13.9 Å². The smallest absolute Gasteiger partial charge is 0.274 e. The number of methoxy groups -OCH3 is 1. The van der Waals surface area contributed by atoms with E-state index in [0.29, 0.717) is 24.6 Å². The number of nitrogens with zero attached hydrogens (tertiary/aromatic N) is 4. The Hall–Kier alpha value is -3.22. The normalized spacial score (nSPS) is 16.8. The minimum Gasteiger partial charge on any atom is -0.496 e. The molecule has 1 aliphatic rings. The Morgan fingerprint density at radius 1 is 1.21 bits per heavy atom. The quantitative estimate of drug-likeness (QED) is 0.677. The third kappa shape index (κ3) is 3.74. The van der Waals surface area contributed by atoms with Crippen molar-refractivity contribution in [1.82, 2.24) is 19.9 Å². The first-order valence-electron chi connectivity index (χ1n) is 9.39. The first-order valence-corrected chi connectivity index (χ1v) is 9.39. The van der Waals surface area contributed by atoms with Crippen LogP contribution in [0.15, 0.2) is 53.5 Å². The van der Waals surface area contributed by atoms with Crippen LogP contribution >= 0.6 is 0 Å². The minimum absolute atomic E-state index is 0.137. The van der Waals surface area contributed by atoms with Crippen molar-refractivity contribution in [1.29, 1.82) is 0 Å². The fourth-order valence-corrected chi connectivity index (χ4v) is 3.58. The third-order valence-electron chi connectivity index (χ3n) is 4.96. The van der Waals surface area contributed by atoms with Crippen LogP contribution in [0.2, 0.25) is 0 Å². The van der Waals surface area contributed by atoms with Gasteiger partial charge in [0.05, 0.1) is 19.5 Å². The third-order valence-corrected chi connectivity index (χ3v) is 4.96. The highest BCUT2D eigenvalue weighted by molar-refractivity contribution is 5.92. The van der Waals surface area contributed by atoms with Crippen molar-refractivity contribution in [3.8, 4) is 5.75 Å². The molecule has 1 atom stereocenters. The van der Waals surface area contributed by atoms with Gasteiger partial charge in [0.15, 0.2) is 0 Å². The molecular weight excluding hydrogens is 356 g/mol. The van der Waals surface area contributed by atoms with E-state index in [9.17, 15) is 4.79 Å². The van der Waals surface area contributed by atoms with Crippen molar-refractivity contribution in [3.63, 3.8) is 0 Å². The molecule has 3 heterocycles. The molecule has 1 aromatic carbocycles. The number of hydrogen-bond donors (Lipinski definition) is 0. The number of likely N-dealkylation sites (tertiary alicyclic amines) is 1. The number of benzene rings is 1. The van der Waals surface area contributed by atoms with Gasteiger partial charge < -0.3 is 14.1 Å². The predicted molar refractivity (Wildman–Crippen MR) is 102 cm³/mol. The summed E-state index contributed by atoms with van der Waals surface area (Å²) in [5.41, 5.74) is 1.37. The fraction of sp³-hybridized carbons (Fsp3) is 0.333. The monoisotopic (exact) mass is 378 g/mol. The van der Waals surface area contributed by atoms with Crippen molar-refractivity contribution >= 4 is 5.91 Å². The molecule has 144 valence electrons. The summed E-state index contributed by atoms with van der Waals surface area (Å²) in [6, 6.07) is 7.65. The van der Waals surface area contributed by atoms with E-state index in [0.717, 1.165) is 36.3 Å². The Bertz CT molecular complexity index is 942.